The van der Waals surface area contributed by atoms with Crippen molar-refractivity contribution in [1.82, 2.24) is 0 Å². The molecular formula is C19H22O3S. The van der Waals surface area contributed by atoms with Gasteiger partial charge in [0.15, 0.2) is 0 Å². The van der Waals surface area contributed by atoms with Gasteiger partial charge in [0.1, 0.15) is 11.5 Å². The number of ketones is 1. The van der Waals surface area contributed by atoms with E-state index in [2.05, 4.69) is 0 Å². The van der Waals surface area contributed by atoms with Crippen molar-refractivity contribution in [3.8, 4) is 5.75 Å². The smallest absolute Gasteiger partial charge is 0.137 e. The van der Waals surface area contributed by atoms with E-state index in [9.17, 15) is 14.1 Å². The number of Topliss-reactive ketones (excluding diaryl/α,β-unsaturated/α-hetero) is 1. The van der Waals surface area contributed by atoms with Crippen LogP contribution in [0.2, 0.25) is 0 Å². The summed E-state index contributed by atoms with van der Waals surface area (Å²) in [7, 11) is -0.950. The van der Waals surface area contributed by atoms with Gasteiger partial charge >= 0.3 is 0 Å². The van der Waals surface area contributed by atoms with Crippen LogP contribution in [0.1, 0.15) is 31.2 Å². The zero-order valence-corrected chi connectivity index (χ0v) is 13.9. The Balaban J connectivity index is 1.63. The molecule has 0 fully saturated rings. The Morgan fingerprint density at radius 2 is 1.61 bits per heavy atom. The molecule has 0 saturated heterocycles. The lowest BCUT2D eigenvalue weighted by Gasteiger charge is -2.04. The van der Waals surface area contributed by atoms with E-state index in [1.807, 2.05) is 36.4 Å². The fourth-order valence-corrected chi connectivity index (χ4v) is 3.55. The molecule has 0 saturated carbocycles. The topological polar surface area (TPSA) is 54.4 Å². The van der Waals surface area contributed by atoms with Gasteiger partial charge in [0.05, 0.1) is 10.8 Å². The molecule has 3 nitrogen and oxygen atoms in total. The lowest BCUT2D eigenvalue weighted by atomic mass is 10.0. The number of aromatic hydroxyl groups is 1. The molecule has 0 aliphatic carbocycles. The van der Waals surface area contributed by atoms with Crippen molar-refractivity contribution < 1.29 is 14.1 Å². The first-order valence-electron chi connectivity index (χ1n) is 7.89. The van der Waals surface area contributed by atoms with Crippen LogP contribution in [0.5, 0.6) is 5.75 Å². The van der Waals surface area contributed by atoms with Gasteiger partial charge < -0.3 is 5.11 Å². The third-order valence-electron chi connectivity index (χ3n) is 3.67. The molecule has 1 atom stereocenters. The highest BCUT2D eigenvalue weighted by atomic mass is 32.2. The molecule has 0 aliphatic rings. The van der Waals surface area contributed by atoms with Crippen molar-refractivity contribution in [3.05, 3.63) is 60.2 Å². The summed E-state index contributed by atoms with van der Waals surface area (Å²) < 4.78 is 12.0. The minimum atomic E-state index is -0.950. The summed E-state index contributed by atoms with van der Waals surface area (Å²) in [6.45, 7) is 0. The molecule has 0 aromatic heterocycles. The second kappa shape index (κ2) is 9.26. The summed E-state index contributed by atoms with van der Waals surface area (Å²) in [6, 6.07) is 16.4. The van der Waals surface area contributed by atoms with Gasteiger partial charge in [-0.15, -0.1) is 0 Å². The molecule has 0 amide bonds. The highest BCUT2D eigenvalue weighted by Gasteiger charge is 2.07. The predicted octanol–water partition coefficient (Wildman–Crippen LogP) is 3.87. The average molecular weight is 330 g/mol. The quantitative estimate of drug-likeness (QED) is 0.710. The van der Waals surface area contributed by atoms with E-state index < -0.39 is 10.8 Å². The van der Waals surface area contributed by atoms with Crippen LogP contribution < -0.4 is 0 Å². The average Bonchev–Trinajstić information content (AvgIpc) is 2.57. The number of carbonyl (C=O) groups excluding carboxylic acids is 1. The van der Waals surface area contributed by atoms with Crippen molar-refractivity contribution in [2.75, 3.05) is 5.75 Å². The van der Waals surface area contributed by atoms with Crippen molar-refractivity contribution >= 4 is 16.6 Å². The standard InChI is InChI=1S/C19H22O3S/c20-17(15-16-9-6-7-13-19(16)21)10-3-2-8-14-23(22)18-11-4-1-5-12-18/h1,4-7,9,11-13,21H,2-3,8,10,14-15H2. The number of phenolic OH excluding ortho intramolecular Hbond substituents is 1. The Kier molecular flexibility index (Phi) is 7.01. The highest BCUT2D eigenvalue weighted by Crippen LogP contribution is 2.17. The van der Waals surface area contributed by atoms with Crippen molar-refractivity contribution in [2.45, 2.75) is 37.0 Å². The fourth-order valence-electron chi connectivity index (χ4n) is 2.38. The minimum absolute atomic E-state index is 0.135. The Hall–Kier alpha value is -1.94. The molecule has 1 N–H and O–H groups in total. The molecule has 0 aliphatic heterocycles. The molecule has 2 rings (SSSR count). The molecule has 2 aromatic rings. The number of phenols is 1. The predicted molar refractivity (Wildman–Crippen MR) is 93.0 cm³/mol. The summed E-state index contributed by atoms with van der Waals surface area (Å²) in [5.74, 6) is 0.951. The molecule has 4 heteroatoms. The van der Waals surface area contributed by atoms with Crippen LogP contribution in [0.15, 0.2) is 59.5 Å². The minimum Gasteiger partial charge on any atom is -0.508 e. The van der Waals surface area contributed by atoms with Gasteiger partial charge in [-0.25, -0.2) is 0 Å². The Bertz CT molecular complexity index is 653. The Labute approximate surface area is 139 Å². The van der Waals surface area contributed by atoms with Gasteiger partial charge in [-0.05, 0) is 31.0 Å². The van der Waals surface area contributed by atoms with Crippen LogP contribution in [-0.4, -0.2) is 20.9 Å². The van der Waals surface area contributed by atoms with Crippen molar-refractivity contribution in [2.24, 2.45) is 0 Å². The number of para-hydroxylation sites is 1. The zero-order chi connectivity index (χ0) is 16.5. The second-order valence-corrected chi connectivity index (χ2v) is 7.09. The molecule has 122 valence electrons. The van der Waals surface area contributed by atoms with Crippen molar-refractivity contribution in [1.29, 1.82) is 0 Å². The summed E-state index contributed by atoms with van der Waals surface area (Å²) >= 11 is 0. The molecule has 0 spiro atoms. The summed E-state index contributed by atoms with van der Waals surface area (Å²) in [6.07, 6.45) is 3.34. The van der Waals surface area contributed by atoms with E-state index in [0.29, 0.717) is 17.7 Å². The van der Waals surface area contributed by atoms with Gasteiger partial charge in [-0.1, -0.05) is 42.8 Å². The maximum atomic E-state index is 12.0. The Morgan fingerprint density at radius 1 is 0.913 bits per heavy atom. The molecule has 23 heavy (non-hydrogen) atoms. The lowest BCUT2D eigenvalue weighted by molar-refractivity contribution is -0.118. The van der Waals surface area contributed by atoms with E-state index in [1.54, 1.807) is 18.2 Å². The van der Waals surface area contributed by atoms with Crippen molar-refractivity contribution in [3.63, 3.8) is 0 Å². The van der Waals surface area contributed by atoms with Crippen LogP contribution in [-0.2, 0) is 22.0 Å². The highest BCUT2D eigenvalue weighted by molar-refractivity contribution is 7.85. The number of rotatable bonds is 9. The summed E-state index contributed by atoms with van der Waals surface area (Å²) in [4.78, 5) is 12.8. The van der Waals surface area contributed by atoms with Gasteiger partial charge in [0.2, 0.25) is 0 Å². The van der Waals surface area contributed by atoms with Crippen LogP contribution >= 0.6 is 0 Å². The third kappa shape index (κ3) is 5.99. The van der Waals surface area contributed by atoms with E-state index in [4.69, 9.17) is 0 Å². The summed E-state index contributed by atoms with van der Waals surface area (Å²) in [5, 5.41) is 9.65. The monoisotopic (exact) mass is 330 g/mol. The summed E-state index contributed by atoms with van der Waals surface area (Å²) in [5.41, 5.74) is 0.683. The maximum absolute atomic E-state index is 12.0. The van der Waals surface area contributed by atoms with E-state index in [0.717, 1.165) is 24.2 Å². The van der Waals surface area contributed by atoms with Crippen LogP contribution in [0, 0.1) is 0 Å². The first-order valence-corrected chi connectivity index (χ1v) is 9.20. The molecule has 2 aromatic carbocycles. The molecule has 0 bridgehead atoms. The lowest BCUT2D eigenvalue weighted by Crippen LogP contribution is -2.03. The molecule has 0 heterocycles. The van der Waals surface area contributed by atoms with Gasteiger partial charge in [0.25, 0.3) is 0 Å². The maximum Gasteiger partial charge on any atom is 0.137 e. The Morgan fingerprint density at radius 3 is 2.35 bits per heavy atom. The normalized spacial score (nSPS) is 12.0. The number of hydrogen-bond donors (Lipinski definition) is 1. The number of unbranched alkanes of at least 4 members (excludes halogenated alkanes) is 2. The fraction of sp³-hybridized carbons (Fsp3) is 0.316. The number of hydrogen-bond acceptors (Lipinski definition) is 3. The largest absolute Gasteiger partial charge is 0.508 e. The van der Waals surface area contributed by atoms with Gasteiger partial charge in [-0.2, -0.15) is 0 Å². The zero-order valence-electron chi connectivity index (χ0n) is 13.1. The van der Waals surface area contributed by atoms with Crippen LogP contribution in [0.25, 0.3) is 0 Å². The second-order valence-electron chi connectivity index (χ2n) is 5.52. The first-order chi connectivity index (χ1) is 11.2. The van der Waals surface area contributed by atoms with Crippen LogP contribution in [0.3, 0.4) is 0 Å². The number of carbonyl (C=O) groups is 1. The third-order valence-corrected chi connectivity index (χ3v) is 5.13. The molecule has 1 unspecified atom stereocenters. The van der Waals surface area contributed by atoms with E-state index in [-0.39, 0.29) is 18.0 Å². The van der Waals surface area contributed by atoms with Gasteiger partial charge in [-0.3, -0.25) is 9.00 Å². The molecule has 0 radical (unpaired) electrons. The van der Waals surface area contributed by atoms with E-state index in [1.165, 1.54) is 0 Å². The first kappa shape index (κ1) is 17.4. The van der Waals surface area contributed by atoms with E-state index >= 15 is 0 Å². The van der Waals surface area contributed by atoms with Gasteiger partial charge in [0, 0.05) is 29.1 Å². The molecular weight excluding hydrogens is 308 g/mol. The number of benzene rings is 2. The van der Waals surface area contributed by atoms with Crippen LogP contribution in [0.4, 0.5) is 0 Å². The SMILES string of the molecule is O=C(CCCCCS(=O)c1ccccc1)Cc1ccccc1O.